The molecule has 2 amide bonds. The largest absolute Gasteiger partial charge is 0.493 e. The van der Waals surface area contributed by atoms with E-state index in [9.17, 15) is 9.59 Å². The third-order valence-electron chi connectivity index (χ3n) is 4.82. The highest BCUT2D eigenvalue weighted by Gasteiger charge is 2.35. The fourth-order valence-electron chi connectivity index (χ4n) is 2.87. The highest BCUT2D eigenvalue weighted by atomic mass is 16.5. The molecule has 2 aromatic carbocycles. The van der Waals surface area contributed by atoms with E-state index in [1.807, 2.05) is 48.5 Å². The van der Waals surface area contributed by atoms with Crippen molar-refractivity contribution < 1.29 is 19.1 Å². The molecule has 2 rings (SSSR count). The normalized spacial score (nSPS) is 10.9. The van der Waals surface area contributed by atoms with Crippen LogP contribution in [0.2, 0.25) is 0 Å². The number of carbonyl (C=O) groups excluding carboxylic acids is 2. The second-order valence-electron chi connectivity index (χ2n) is 7.31. The maximum atomic E-state index is 12.5. The minimum atomic E-state index is -1.14. The molecule has 0 atom stereocenters. The lowest BCUT2D eigenvalue weighted by atomic mass is 9.91. The summed E-state index contributed by atoms with van der Waals surface area (Å²) in [7, 11) is 3.17. The number of hydrogen-bond acceptors (Lipinski definition) is 4. The van der Waals surface area contributed by atoms with Crippen LogP contribution < -0.4 is 20.1 Å². The zero-order valence-electron chi connectivity index (χ0n) is 17.6. The van der Waals surface area contributed by atoms with Crippen molar-refractivity contribution in [3.8, 4) is 11.5 Å². The van der Waals surface area contributed by atoms with Gasteiger partial charge in [-0.3, -0.25) is 9.59 Å². The second-order valence-corrected chi connectivity index (χ2v) is 7.31. The van der Waals surface area contributed by atoms with Crippen LogP contribution in [0.15, 0.2) is 48.5 Å². The molecule has 6 nitrogen and oxygen atoms in total. The van der Waals surface area contributed by atoms with Gasteiger partial charge in [0.25, 0.3) is 0 Å². The van der Waals surface area contributed by atoms with E-state index in [1.54, 1.807) is 28.1 Å². The van der Waals surface area contributed by atoms with Gasteiger partial charge in [-0.05, 0) is 49.9 Å². The number of hydrogen-bond donors (Lipinski definition) is 2. The molecule has 0 aliphatic heterocycles. The third kappa shape index (κ3) is 6.24. The molecule has 0 bridgehead atoms. The smallest absolute Gasteiger partial charge is 0.235 e. The molecule has 0 aliphatic rings. The summed E-state index contributed by atoms with van der Waals surface area (Å²) in [6.07, 6.45) is 1.35. The molecule has 156 valence electrons. The van der Waals surface area contributed by atoms with Gasteiger partial charge in [0.05, 0.1) is 14.2 Å². The molecule has 0 heterocycles. The van der Waals surface area contributed by atoms with Crippen molar-refractivity contribution in [2.45, 2.75) is 26.7 Å². The third-order valence-corrected chi connectivity index (χ3v) is 4.82. The van der Waals surface area contributed by atoms with Crippen LogP contribution in [0.1, 0.15) is 25.0 Å². The van der Waals surface area contributed by atoms with E-state index in [-0.39, 0.29) is 11.8 Å². The molecule has 29 heavy (non-hydrogen) atoms. The summed E-state index contributed by atoms with van der Waals surface area (Å²) in [5.74, 6) is 0.732. The molecule has 0 radical (unpaired) electrons. The summed E-state index contributed by atoms with van der Waals surface area (Å²) >= 11 is 0. The predicted molar refractivity (Wildman–Crippen MR) is 113 cm³/mol. The minimum Gasteiger partial charge on any atom is -0.493 e. The van der Waals surface area contributed by atoms with E-state index in [1.165, 1.54) is 0 Å². The van der Waals surface area contributed by atoms with Gasteiger partial charge in [-0.15, -0.1) is 0 Å². The molecule has 0 unspecified atom stereocenters. The summed E-state index contributed by atoms with van der Waals surface area (Å²) in [6.45, 7) is 4.19. The van der Waals surface area contributed by atoms with Crippen molar-refractivity contribution in [3.63, 3.8) is 0 Å². The second kappa shape index (κ2) is 10.5. The Kier molecular flexibility index (Phi) is 8.07. The predicted octanol–water partition coefficient (Wildman–Crippen LogP) is 2.75. The lowest BCUT2D eigenvalue weighted by molar-refractivity contribution is -0.141. The molecule has 0 aliphatic carbocycles. The quantitative estimate of drug-likeness (QED) is 0.604. The van der Waals surface area contributed by atoms with Gasteiger partial charge < -0.3 is 20.1 Å². The zero-order valence-corrected chi connectivity index (χ0v) is 17.6. The van der Waals surface area contributed by atoms with Crippen LogP contribution in [-0.2, 0) is 22.4 Å². The Balaban J connectivity index is 1.81. The van der Waals surface area contributed by atoms with Gasteiger partial charge in [0.2, 0.25) is 11.8 Å². The first-order valence-electron chi connectivity index (χ1n) is 9.70. The lowest BCUT2D eigenvalue weighted by Gasteiger charge is -2.23. The van der Waals surface area contributed by atoms with Crippen molar-refractivity contribution in [2.75, 3.05) is 27.3 Å². The van der Waals surface area contributed by atoms with E-state index in [2.05, 4.69) is 10.6 Å². The van der Waals surface area contributed by atoms with E-state index in [0.717, 1.165) is 17.5 Å². The van der Waals surface area contributed by atoms with Gasteiger partial charge in [-0.1, -0.05) is 36.4 Å². The number of amides is 2. The zero-order chi connectivity index (χ0) is 21.3. The fourth-order valence-corrected chi connectivity index (χ4v) is 2.87. The van der Waals surface area contributed by atoms with Gasteiger partial charge in [0.15, 0.2) is 11.5 Å². The van der Waals surface area contributed by atoms with Gasteiger partial charge in [-0.25, -0.2) is 0 Å². The van der Waals surface area contributed by atoms with E-state index >= 15 is 0 Å². The molecule has 0 spiro atoms. The van der Waals surface area contributed by atoms with Gasteiger partial charge in [-0.2, -0.15) is 0 Å². The van der Waals surface area contributed by atoms with Gasteiger partial charge in [0.1, 0.15) is 5.41 Å². The van der Waals surface area contributed by atoms with Crippen molar-refractivity contribution in [1.29, 1.82) is 0 Å². The highest BCUT2D eigenvalue weighted by molar-refractivity contribution is 6.04. The Labute approximate surface area is 172 Å². The first kappa shape index (κ1) is 22.3. The molecule has 0 saturated carbocycles. The van der Waals surface area contributed by atoms with Crippen LogP contribution in [0, 0.1) is 5.41 Å². The van der Waals surface area contributed by atoms with Crippen LogP contribution in [0.3, 0.4) is 0 Å². The summed E-state index contributed by atoms with van der Waals surface area (Å²) < 4.78 is 10.5. The highest BCUT2D eigenvalue weighted by Crippen LogP contribution is 2.27. The Morgan fingerprint density at radius 3 is 1.90 bits per heavy atom. The van der Waals surface area contributed by atoms with E-state index in [0.29, 0.717) is 31.0 Å². The lowest BCUT2D eigenvalue weighted by Crippen LogP contribution is -2.48. The van der Waals surface area contributed by atoms with Crippen molar-refractivity contribution in [1.82, 2.24) is 10.6 Å². The van der Waals surface area contributed by atoms with Gasteiger partial charge >= 0.3 is 0 Å². The van der Waals surface area contributed by atoms with Crippen LogP contribution in [0.4, 0.5) is 0 Å². The van der Waals surface area contributed by atoms with Crippen LogP contribution >= 0.6 is 0 Å². The van der Waals surface area contributed by atoms with Crippen molar-refractivity contribution >= 4 is 11.8 Å². The fraction of sp³-hybridized carbons (Fsp3) is 0.391. The Hall–Kier alpha value is -3.02. The van der Waals surface area contributed by atoms with E-state index < -0.39 is 5.41 Å². The Bertz CT molecular complexity index is 819. The standard InChI is InChI=1S/C23H30N2O4/c1-23(2,21(26)24-14-12-17-8-6-5-7-9-17)22(27)25-15-13-18-10-11-19(28-3)20(16-18)29-4/h5-11,16H,12-15H2,1-4H3,(H,24,26)(H,25,27). The maximum Gasteiger partial charge on any atom is 0.235 e. The first-order chi connectivity index (χ1) is 13.9. The van der Waals surface area contributed by atoms with Crippen LogP contribution in [0.5, 0.6) is 11.5 Å². The number of methoxy groups -OCH3 is 2. The summed E-state index contributed by atoms with van der Waals surface area (Å²) in [5, 5.41) is 5.71. The summed E-state index contributed by atoms with van der Waals surface area (Å²) in [4.78, 5) is 25.0. The van der Waals surface area contributed by atoms with Crippen molar-refractivity contribution in [2.24, 2.45) is 5.41 Å². The number of carbonyl (C=O) groups is 2. The maximum absolute atomic E-state index is 12.5. The van der Waals surface area contributed by atoms with Crippen LogP contribution in [-0.4, -0.2) is 39.1 Å². The molecular weight excluding hydrogens is 368 g/mol. The van der Waals surface area contributed by atoms with Crippen molar-refractivity contribution in [3.05, 3.63) is 59.7 Å². The monoisotopic (exact) mass is 398 g/mol. The Morgan fingerprint density at radius 1 is 0.793 bits per heavy atom. The first-order valence-corrected chi connectivity index (χ1v) is 9.70. The topological polar surface area (TPSA) is 76.7 Å². The SMILES string of the molecule is COc1ccc(CCNC(=O)C(C)(C)C(=O)NCCc2ccccc2)cc1OC. The number of ether oxygens (including phenoxy) is 2. The van der Waals surface area contributed by atoms with Gasteiger partial charge in [0, 0.05) is 13.1 Å². The number of benzene rings is 2. The molecule has 6 heteroatoms. The molecule has 0 saturated heterocycles. The molecule has 0 fully saturated rings. The molecule has 0 aromatic heterocycles. The van der Waals surface area contributed by atoms with E-state index in [4.69, 9.17) is 9.47 Å². The molecule has 2 N–H and O–H groups in total. The number of rotatable bonds is 10. The molecular formula is C23H30N2O4. The summed E-state index contributed by atoms with van der Waals surface area (Å²) in [6, 6.07) is 15.6. The average molecular weight is 399 g/mol. The average Bonchev–Trinajstić information content (AvgIpc) is 2.74. The Morgan fingerprint density at radius 2 is 1.34 bits per heavy atom. The minimum absolute atomic E-state index is 0.281. The summed E-state index contributed by atoms with van der Waals surface area (Å²) in [5.41, 5.74) is 1.01. The number of nitrogens with one attached hydrogen (secondary N) is 2. The van der Waals surface area contributed by atoms with Crippen LogP contribution in [0.25, 0.3) is 0 Å². The molecule has 2 aromatic rings.